The van der Waals surface area contributed by atoms with Crippen molar-refractivity contribution in [1.82, 2.24) is 0 Å². The third-order valence-electron chi connectivity index (χ3n) is 7.31. The van der Waals surface area contributed by atoms with Crippen LogP contribution in [0.4, 0.5) is 0 Å². The van der Waals surface area contributed by atoms with Gasteiger partial charge in [-0.05, 0) is 26.2 Å². The van der Waals surface area contributed by atoms with Gasteiger partial charge in [-0.1, -0.05) is 130 Å². The summed E-state index contributed by atoms with van der Waals surface area (Å²) in [5.41, 5.74) is -0.773. The van der Waals surface area contributed by atoms with Crippen LogP contribution in [0.3, 0.4) is 0 Å². The Balaban J connectivity index is 3.40. The van der Waals surface area contributed by atoms with Crippen LogP contribution >= 0.6 is 0 Å². The minimum Gasteiger partial charge on any atom is -0.544 e. The van der Waals surface area contributed by atoms with Crippen molar-refractivity contribution in [3.05, 3.63) is 0 Å². The molecule has 0 saturated heterocycles. The summed E-state index contributed by atoms with van der Waals surface area (Å²) in [5.74, 6) is -0.756. The van der Waals surface area contributed by atoms with E-state index in [1.165, 1.54) is 109 Å². The lowest BCUT2D eigenvalue weighted by molar-refractivity contribution is -0.724. The second kappa shape index (κ2) is 21.3. The normalized spacial score (nSPS) is 14.5. The zero-order valence-corrected chi connectivity index (χ0v) is 21.8. The average molecular weight is 440 g/mol. The number of carbonyl (C=O) groups excluding carboxylic acids is 1. The molecule has 0 saturated carbocycles. The molecule has 0 aromatic rings. The van der Waals surface area contributed by atoms with Crippen LogP contribution in [-0.2, 0) is 4.79 Å². The van der Waals surface area contributed by atoms with Crippen molar-refractivity contribution in [3.63, 3.8) is 0 Å². The predicted molar refractivity (Wildman–Crippen MR) is 133 cm³/mol. The lowest BCUT2D eigenvalue weighted by Gasteiger charge is -2.34. The lowest BCUT2D eigenvalue weighted by atomic mass is 9.83. The van der Waals surface area contributed by atoms with E-state index in [4.69, 9.17) is 0 Å². The number of hydrogen-bond acceptors (Lipinski definition) is 2. The maximum absolute atomic E-state index is 11.6. The number of rotatable bonds is 24. The summed E-state index contributed by atoms with van der Waals surface area (Å²) >= 11 is 0. The van der Waals surface area contributed by atoms with Gasteiger partial charge in [0.15, 0.2) is 0 Å². The molecule has 0 heterocycles. The lowest BCUT2D eigenvalue weighted by Crippen LogP contribution is -3.01. The Kier molecular flexibility index (Phi) is 20.9. The highest BCUT2D eigenvalue weighted by Crippen LogP contribution is 2.18. The third-order valence-corrected chi connectivity index (χ3v) is 7.31. The van der Waals surface area contributed by atoms with E-state index in [1.807, 2.05) is 19.2 Å². The number of aliphatic carboxylic acids is 1. The van der Waals surface area contributed by atoms with Crippen molar-refractivity contribution in [2.45, 2.75) is 162 Å². The monoisotopic (exact) mass is 439 g/mol. The minimum atomic E-state index is -0.907. The van der Waals surface area contributed by atoms with Crippen molar-refractivity contribution < 1.29 is 15.2 Å². The Bertz CT molecular complexity index is 398. The van der Waals surface area contributed by atoms with E-state index in [9.17, 15) is 9.90 Å². The van der Waals surface area contributed by atoms with Gasteiger partial charge in [-0.25, -0.2) is 0 Å². The van der Waals surface area contributed by atoms with Gasteiger partial charge in [0.05, 0.1) is 6.54 Å². The van der Waals surface area contributed by atoms with Crippen LogP contribution in [0.25, 0.3) is 0 Å². The maximum atomic E-state index is 11.6. The van der Waals surface area contributed by atoms with Crippen molar-refractivity contribution >= 4 is 5.97 Å². The number of nitrogens with two attached hydrogens (primary N) is 1. The van der Waals surface area contributed by atoms with E-state index in [1.54, 1.807) is 0 Å². The summed E-state index contributed by atoms with van der Waals surface area (Å²) in [6.45, 7) is 9.19. The molecule has 0 aliphatic rings. The first-order chi connectivity index (χ1) is 15.0. The molecule has 2 atom stereocenters. The number of carbonyl (C=O) groups is 1. The largest absolute Gasteiger partial charge is 0.544 e. The van der Waals surface area contributed by atoms with E-state index in [-0.39, 0.29) is 5.92 Å². The van der Waals surface area contributed by atoms with Crippen LogP contribution in [0.5, 0.6) is 0 Å². The molecule has 3 heteroatoms. The Labute approximate surface area is 195 Å². The standard InChI is InChI=1S/C28H57NO2/c1-5-7-8-9-10-11-12-13-14-15-16-17-18-19-20-21-22-23-25-29-28(4,27(30)31)26(3)24-6-2/h26,29H,5-25H2,1-4H3,(H,30,31). The van der Waals surface area contributed by atoms with Gasteiger partial charge in [0.1, 0.15) is 11.5 Å². The molecule has 0 aromatic heterocycles. The molecule has 2 N–H and O–H groups in total. The molecule has 0 aliphatic carbocycles. The van der Waals surface area contributed by atoms with Crippen LogP contribution < -0.4 is 10.4 Å². The first-order valence-electron chi connectivity index (χ1n) is 14.0. The quantitative estimate of drug-likeness (QED) is 0.174. The van der Waals surface area contributed by atoms with E-state index >= 15 is 0 Å². The smallest absolute Gasteiger partial charge is 0.136 e. The van der Waals surface area contributed by atoms with Gasteiger partial charge in [0.2, 0.25) is 0 Å². The molecule has 0 rings (SSSR count). The average Bonchev–Trinajstić information content (AvgIpc) is 2.75. The van der Waals surface area contributed by atoms with Crippen LogP contribution in [-0.4, -0.2) is 18.1 Å². The fourth-order valence-electron chi connectivity index (χ4n) is 4.67. The SMILES string of the molecule is CCCCCCCCCCCCCCCCCCCC[NH2+]C(C)(C(=O)[O-])C(C)CCC. The van der Waals surface area contributed by atoms with Gasteiger partial charge >= 0.3 is 0 Å². The van der Waals surface area contributed by atoms with E-state index in [2.05, 4.69) is 13.8 Å². The Morgan fingerprint density at radius 3 is 1.35 bits per heavy atom. The molecular weight excluding hydrogens is 382 g/mol. The molecule has 0 amide bonds. The molecule has 0 aliphatic heterocycles. The summed E-state index contributed by atoms with van der Waals surface area (Å²) in [7, 11) is 0. The van der Waals surface area contributed by atoms with Gasteiger partial charge in [-0.15, -0.1) is 0 Å². The third kappa shape index (κ3) is 16.7. The summed E-state index contributed by atoms with van der Waals surface area (Å²) in [6, 6.07) is 0. The van der Waals surface area contributed by atoms with Gasteiger partial charge in [0, 0.05) is 5.92 Å². The van der Waals surface area contributed by atoms with Crippen LogP contribution in [0, 0.1) is 5.92 Å². The summed E-state index contributed by atoms with van der Waals surface area (Å²) in [4.78, 5) is 11.6. The zero-order valence-electron chi connectivity index (χ0n) is 21.8. The van der Waals surface area contributed by atoms with Gasteiger partial charge in [-0.3, -0.25) is 0 Å². The molecule has 0 bridgehead atoms. The van der Waals surface area contributed by atoms with Crippen LogP contribution in [0.15, 0.2) is 0 Å². The number of quaternary nitrogens is 1. The van der Waals surface area contributed by atoms with Crippen molar-refractivity contribution in [2.24, 2.45) is 5.92 Å². The molecule has 186 valence electrons. The predicted octanol–water partition coefficient (Wildman–Crippen LogP) is 6.54. The van der Waals surface area contributed by atoms with E-state index in [0.29, 0.717) is 0 Å². The Morgan fingerprint density at radius 2 is 1.03 bits per heavy atom. The summed E-state index contributed by atoms with van der Waals surface area (Å²) in [6.07, 6.45) is 26.8. The molecule has 0 spiro atoms. The summed E-state index contributed by atoms with van der Waals surface area (Å²) in [5, 5.41) is 13.6. The molecule has 31 heavy (non-hydrogen) atoms. The van der Waals surface area contributed by atoms with Crippen LogP contribution in [0.1, 0.15) is 156 Å². The Morgan fingerprint density at radius 1 is 0.677 bits per heavy atom. The zero-order chi connectivity index (χ0) is 23.2. The summed E-state index contributed by atoms with van der Waals surface area (Å²) < 4.78 is 0. The second-order valence-corrected chi connectivity index (χ2v) is 10.3. The van der Waals surface area contributed by atoms with Crippen molar-refractivity contribution in [1.29, 1.82) is 0 Å². The Hall–Kier alpha value is -0.570. The number of carboxylic acids is 1. The highest BCUT2D eigenvalue weighted by molar-refractivity contribution is 5.74. The number of unbranched alkanes of at least 4 members (excludes halogenated alkanes) is 17. The van der Waals surface area contributed by atoms with Gasteiger partial charge in [0.25, 0.3) is 0 Å². The first kappa shape index (κ1) is 30.4. The molecular formula is C28H57NO2. The second-order valence-electron chi connectivity index (χ2n) is 10.3. The van der Waals surface area contributed by atoms with E-state index < -0.39 is 11.5 Å². The minimum absolute atomic E-state index is 0.151. The highest BCUT2D eigenvalue weighted by atomic mass is 16.4. The fourth-order valence-corrected chi connectivity index (χ4v) is 4.67. The first-order valence-corrected chi connectivity index (χ1v) is 14.0. The molecule has 0 radical (unpaired) electrons. The number of hydrogen-bond donors (Lipinski definition) is 1. The van der Waals surface area contributed by atoms with E-state index in [0.717, 1.165) is 25.8 Å². The molecule has 0 aromatic carbocycles. The molecule has 2 unspecified atom stereocenters. The van der Waals surface area contributed by atoms with Crippen LogP contribution in [0.2, 0.25) is 0 Å². The molecule has 3 nitrogen and oxygen atoms in total. The fraction of sp³-hybridized carbons (Fsp3) is 0.964. The van der Waals surface area contributed by atoms with Gasteiger partial charge in [-0.2, -0.15) is 0 Å². The maximum Gasteiger partial charge on any atom is 0.136 e. The van der Waals surface area contributed by atoms with Gasteiger partial charge < -0.3 is 15.2 Å². The topological polar surface area (TPSA) is 56.7 Å². The van der Waals surface area contributed by atoms with Crippen molar-refractivity contribution in [3.8, 4) is 0 Å². The highest BCUT2D eigenvalue weighted by Gasteiger charge is 2.35. The number of carboxylic acid groups (broad SMARTS) is 1. The van der Waals surface area contributed by atoms with Crippen molar-refractivity contribution in [2.75, 3.05) is 6.54 Å². The molecule has 0 fully saturated rings.